The second-order valence-corrected chi connectivity index (χ2v) is 10.8. The van der Waals surface area contributed by atoms with E-state index in [0.29, 0.717) is 10.8 Å². The molecule has 0 aliphatic rings. The van der Waals surface area contributed by atoms with Crippen LogP contribution in [0.2, 0.25) is 0 Å². The number of hydrogen-bond donors (Lipinski definition) is 0. The maximum absolute atomic E-state index is 13.2. The number of hydrogen-bond acceptors (Lipinski definition) is 5. The van der Waals surface area contributed by atoms with Crippen LogP contribution in [0.5, 0.6) is 0 Å². The van der Waals surface area contributed by atoms with E-state index in [2.05, 4.69) is 0 Å². The van der Waals surface area contributed by atoms with Crippen molar-refractivity contribution in [2.24, 2.45) is 0 Å². The fraction of sp³-hybridized carbons (Fsp3) is 0. The van der Waals surface area contributed by atoms with Crippen LogP contribution < -0.4 is 0 Å². The highest BCUT2D eigenvalue weighted by Gasteiger charge is 2.27. The Morgan fingerprint density at radius 3 is 1.23 bits per heavy atom. The van der Waals surface area contributed by atoms with Crippen molar-refractivity contribution in [2.45, 2.75) is 19.6 Å². The van der Waals surface area contributed by atoms with E-state index in [0.717, 1.165) is 0 Å². The van der Waals surface area contributed by atoms with Crippen LogP contribution in [0.3, 0.4) is 0 Å². The van der Waals surface area contributed by atoms with Crippen molar-refractivity contribution in [2.75, 3.05) is 0 Å². The summed E-state index contributed by atoms with van der Waals surface area (Å²) in [4.78, 5) is 0.270. The van der Waals surface area contributed by atoms with Gasteiger partial charge in [-0.25, -0.2) is 16.8 Å². The molecule has 0 N–H and O–H groups in total. The zero-order valence-electron chi connectivity index (χ0n) is 16.1. The Morgan fingerprint density at radius 2 is 0.839 bits per heavy atom. The zero-order chi connectivity index (χ0) is 21.6. The molecule has 0 saturated heterocycles. The fourth-order valence-corrected chi connectivity index (χ4v) is 6.49. The predicted molar refractivity (Wildman–Crippen MR) is 118 cm³/mol. The first-order valence-electron chi connectivity index (χ1n) is 9.45. The van der Waals surface area contributed by atoms with Crippen molar-refractivity contribution in [3.8, 4) is 0 Å². The molecule has 5 rings (SSSR count). The molecule has 31 heavy (non-hydrogen) atoms. The molecule has 7 heteroatoms. The van der Waals surface area contributed by atoms with Crippen LogP contribution >= 0.6 is 0 Å². The quantitative estimate of drug-likeness (QED) is 0.375. The van der Waals surface area contributed by atoms with Gasteiger partial charge < -0.3 is 4.42 Å². The first-order valence-corrected chi connectivity index (χ1v) is 12.4. The van der Waals surface area contributed by atoms with Crippen molar-refractivity contribution >= 4 is 41.6 Å². The Labute approximate surface area is 179 Å². The summed E-state index contributed by atoms with van der Waals surface area (Å²) in [6, 6.07) is 25.8. The van der Waals surface area contributed by atoms with E-state index in [1.54, 1.807) is 60.7 Å². The van der Waals surface area contributed by atoms with Gasteiger partial charge in [0.1, 0.15) is 9.79 Å². The molecule has 0 radical (unpaired) electrons. The highest BCUT2D eigenvalue weighted by atomic mass is 32.2. The lowest BCUT2D eigenvalue weighted by atomic mass is 10.1. The van der Waals surface area contributed by atoms with E-state index in [1.807, 2.05) is 0 Å². The second-order valence-electron chi connectivity index (χ2n) is 7.00. The van der Waals surface area contributed by atoms with Gasteiger partial charge in [0, 0.05) is 10.8 Å². The molecule has 1 aromatic heterocycles. The summed E-state index contributed by atoms with van der Waals surface area (Å²) < 4.78 is 59.0. The van der Waals surface area contributed by atoms with Crippen LogP contribution in [-0.2, 0) is 19.7 Å². The molecule has 0 spiro atoms. The maximum atomic E-state index is 13.2. The highest BCUT2D eigenvalue weighted by molar-refractivity contribution is 7.92. The molecule has 0 atom stereocenters. The third-order valence-corrected chi connectivity index (χ3v) is 8.72. The fourth-order valence-electron chi connectivity index (χ4n) is 3.64. The van der Waals surface area contributed by atoms with Crippen molar-refractivity contribution in [3.63, 3.8) is 0 Å². The number of furan rings is 1. The summed E-state index contributed by atoms with van der Waals surface area (Å²) in [5, 5.41) is 1.08. The zero-order valence-corrected chi connectivity index (χ0v) is 17.7. The molecule has 0 saturated carbocycles. The van der Waals surface area contributed by atoms with E-state index in [4.69, 9.17) is 4.42 Å². The second kappa shape index (κ2) is 7.08. The minimum atomic E-state index is -3.86. The van der Waals surface area contributed by atoms with Crippen molar-refractivity contribution in [3.05, 3.63) is 97.1 Å². The van der Waals surface area contributed by atoms with Gasteiger partial charge in [0.25, 0.3) is 0 Å². The molecule has 0 bridgehead atoms. The van der Waals surface area contributed by atoms with Gasteiger partial charge in [-0.3, -0.25) is 0 Å². The highest BCUT2D eigenvalue weighted by Crippen LogP contribution is 2.38. The molecule has 154 valence electrons. The monoisotopic (exact) mass is 448 g/mol. The van der Waals surface area contributed by atoms with E-state index >= 15 is 0 Å². The van der Waals surface area contributed by atoms with Gasteiger partial charge in [0.2, 0.25) is 19.7 Å². The molecular formula is C24H16O5S2. The topological polar surface area (TPSA) is 81.4 Å². The summed E-state index contributed by atoms with van der Waals surface area (Å²) in [6.45, 7) is 0. The van der Waals surface area contributed by atoms with Crippen LogP contribution in [0, 0.1) is 0 Å². The SMILES string of the molecule is O=S(=O)(c1ccccc1)c1cccc2c1oc1c(S(=O)(=O)c3ccccc3)cccc12. The molecule has 0 amide bonds. The van der Waals surface area contributed by atoms with E-state index < -0.39 is 19.7 Å². The minimum Gasteiger partial charge on any atom is -0.453 e. The van der Waals surface area contributed by atoms with Crippen LogP contribution in [0.1, 0.15) is 0 Å². The van der Waals surface area contributed by atoms with E-state index in [-0.39, 0.29) is 30.7 Å². The Bertz CT molecular complexity index is 1510. The Morgan fingerprint density at radius 1 is 0.452 bits per heavy atom. The summed E-state index contributed by atoms with van der Waals surface area (Å²) in [5.74, 6) is 0. The van der Waals surface area contributed by atoms with E-state index in [9.17, 15) is 16.8 Å². The van der Waals surface area contributed by atoms with Crippen LogP contribution in [-0.4, -0.2) is 16.8 Å². The molecule has 5 aromatic rings. The molecular weight excluding hydrogens is 432 g/mol. The number of fused-ring (bicyclic) bond motifs is 3. The van der Waals surface area contributed by atoms with Gasteiger partial charge in [-0.2, -0.15) is 0 Å². The molecule has 0 aliphatic heterocycles. The van der Waals surface area contributed by atoms with Crippen LogP contribution in [0.25, 0.3) is 21.9 Å². The van der Waals surface area contributed by atoms with E-state index in [1.165, 1.54) is 36.4 Å². The average Bonchev–Trinajstić information content (AvgIpc) is 3.19. The summed E-state index contributed by atoms with van der Waals surface area (Å²) >= 11 is 0. The summed E-state index contributed by atoms with van der Waals surface area (Å²) in [7, 11) is -7.71. The first-order chi connectivity index (χ1) is 14.9. The third kappa shape index (κ3) is 3.05. The standard InChI is InChI=1S/C24H16O5S2/c25-30(26,17-9-3-1-4-10-17)21-15-7-13-19-20-14-8-16-22(24(20)29-23(19)21)31(27,28)18-11-5-2-6-12-18/h1-16H. The smallest absolute Gasteiger partial charge is 0.210 e. The number of sulfone groups is 2. The lowest BCUT2D eigenvalue weighted by Gasteiger charge is -2.05. The van der Waals surface area contributed by atoms with Gasteiger partial charge in [-0.05, 0) is 36.4 Å². The number of benzene rings is 4. The Balaban J connectivity index is 1.81. The number of rotatable bonds is 4. The summed E-state index contributed by atoms with van der Waals surface area (Å²) in [5.41, 5.74) is 0.272. The van der Waals surface area contributed by atoms with Crippen molar-refractivity contribution in [1.82, 2.24) is 0 Å². The van der Waals surface area contributed by atoms with Gasteiger partial charge in [0.15, 0.2) is 11.2 Å². The number of para-hydroxylation sites is 2. The third-order valence-electron chi connectivity index (χ3n) is 5.14. The maximum Gasteiger partial charge on any atom is 0.210 e. The molecule has 1 heterocycles. The molecule has 4 aromatic carbocycles. The normalized spacial score (nSPS) is 12.4. The van der Waals surface area contributed by atoms with Gasteiger partial charge >= 0.3 is 0 Å². The average molecular weight is 449 g/mol. The summed E-state index contributed by atoms with van der Waals surface area (Å²) in [6.07, 6.45) is 0. The van der Waals surface area contributed by atoms with Crippen molar-refractivity contribution in [1.29, 1.82) is 0 Å². The minimum absolute atomic E-state index is 0.00420. The van der Waals surface area contributed by atoms with Gasteiger partial charge in [-0.15, -0.1) is 0 Å². The van der Waals surface area contributed by atoms with Crippen LogP contribution in [0.4, 0.5) is 0 Å². The molecule has 0 unspecified atom stereocenters. The molecule has 0 fully saturated rings. The first kappa shape index (κ1) is 19.5. The van der Waals surface area contributed by atoms with Gasteiger partial charge in [-0.1, -0.05) is 60.7 Å². The Kier molecular flexibility index (Phi) is 4.46. The van der Waals surface area contributed by atoms with Crippen LogP contribution in [0.15, 0.2) is 121 Å². The molecule has 0 aliphatic carbocycles. The Hall–Kier alpha value is -3.42. The van der Waals surface area contributed by atoms with Crippen molar-refractivity contribution < 1.29 is 21.3 Å². The van der Waals surface area contributed by atoms with Gasteiger partial charge in [0.05, 0.1) is 9.79 Å². The lowest BCUT2D eigenvalue weighted by molar-refractivity contribution is 0.589. The predicted octanol–water partition coefficient (Wildman–Crippen LogP) is 5.25. The lowest BCUT2D eigenvalue weighted by Crippen LogP contribution is -2.02. The largest absolute Gasteiger partial charge is 0.453 e. The molecule has 5 nitrogen and oxygen atoms in total.